The van der Waals surface area contributed by atoms with Crippen LogP contribution < -0.4 is 0 Å². The molecule has 1 aromatic rings. The second-order valence-electron chi connectivity index (χ2n) is 4.62. The Labute approximate surface area is 90.2 Å². The summed E-state index contributed by atoms with van der Waals surface area (Å²) in [4.78, 5) is 12.4. The summed E-state index contributed by atoms with van der Waals surface area (Å²) in [5, 5.41) is 2.10. The van der Waals surface area contributed by atoms with Crippen molar-refractivity contribution in [2.45, 2.75) is 40.0 Å². The third-order valence-corrected chi connectivity index (χ3v) is 3.29. The molecular weight excluding hydrogens is 192 g/mol. The summed E-state index contributed by atoms with van der Waals surface area (Å²) in [6, 6.07) is 4.24. The number of aryl methyl sites for hydroxylation is 1. The number of Topliss-reactive ketones (excluding diaryl/α,β-unsaturated/α-hetero) is 1. The van der Waals surface area contributed by atoms with Crippen LogP contribution in [-0.2, 0) is 11.2 Å². The number of ketones is 1. The summed E-state index contributed by atoms with van der Waals surface area (Å²) in [5.74, 6) is 0.293. The van der Waals surface area contributed by atoms with Gasteiger partial charge in [0, 0.05) is 11.3 Å². The molecule has 0 saturated carbocycles. The van der Waals surface area contributed by atoms with E-state index in [0.717, 1.165) is 12.8 Å². The fourth-order valence-corrected chi connectivity index (χ4v) is 2.39. The largest absolute Gasteiger partial charge is 0.300 e. The Balaban J connectivity index is 2.40. The molecule has 0 aliphatic rings. The number of carbonyl (C=O) groups is 1. The predicted molar refractivity (Wildman–Crippen MR) is 61.7 cm³/mol. The van der Waals surface area contributed by atoms with E-state index >= 15 is 0 Å². The van der Waals surface area contributed by atoms with Crippen LogP contribution >= 0.6 is 11.3 Å². The monoisotopic (exact) mass is 210 g/mol. The molecule has 0 unspecified atom stereocenters. The average molecular weight is 210 g/mol. The molecule has 0 aromatic carbocycles. The summed E-state index contributed by atoms with van der Waals surface area (Å²) < 4.78 is 0. The molecule has 0 N–H and O–H groups in total. The van der Waals surface area contributed by atoms with Gasteiger partial charge in [0.15, 0.2) is 0 Å². The highest BCUT2D eigenvalue weighted by molar-refractivity contribution is 7.09. The first kappa shape index (κ1) is 11.4. The maximum Gasteiger partial charge on any atom is 0.130 e. The van der Waals surface area contributed by atoms with Gasteiger partial charge in [-0.3, -0.25) is 0 Å². The van der Waals surface area contributed by atoms with Crippen LogP contribution in [0.4, 0.5) is 0 Å². The minimum Gasteiger partial charge on any atom is -0.300 e. The molecule has 2 heteroatoms. The zero-order chi connectivity index (χ0) is 10.6. The second kappa shape index (κ2) is 4.74. The average Bonchev–Trinajstić information content (AvgIpc) is 2.50. The Morgan fingerprint density at radius 1 is 1.50 bits per heavy atom. The smallest absolute Gasteiger partial charge is 0.130 e. The highest BCUT2D eigenvalue weighted by atomic mass is 32.1. The standard InChI is InChI=1S/C12H18OS/c1-10(13)9-12(2,3)7-6-11-5-4-8-14-11/h4-5,8H,6-7,9H2,1-3H3. The number of rotatable bonds is 5. The molecule has 0 spiro atoms. The fraction of sp³-hybridized carbons (Fsp3) is 0.583. The molecular formula is C12H18OS. The SMILES string of the molecule is CC(=O)CC(C)(C)CCc1cccs1. The maximum absolute atomic E-state index is 11.0. The van der Waals surface area contributed by atoms with Gasteiger partial charge in [0.25, 0.3) is 0 Å². The fourth-order valence-electron chi connectivity index (χ4n) is 1.68. The second-order valence-corrected chi connectivity index (χ2v) is 5.65. The van der Waals surface area contributed by atoms with E-state index in [0.29, 0.717) is 12.2 Å². The van der Waals surface area contributed by atoms with E-state index in [1.54, 1.807) is 18.3 Å². The molecule has 0 radical (unpaired) electrons. The highest BCUT2D eigenvalue weighted by Gasteiger charge is 2.19. The zero-order valence-electron chi connectivity index (χ0n) is 9.17. The molecule has 0 aliphatic heterocycles. The van der Waals surface area contributed by atoms with Crippen molar-refractivity contribution >= 4 is 17.1 Å². The molecule has 0 amide bonds. The van der Waals surface area contributed by atoms with Crippen molar-refractivity contribution in [1.29, 1.82) is 0 Å². The van der Waals surface area contributed by atoms with Gasteiger partial charge in [-0.05, 0) is 36.6 Å². The van der Waals surface area contributed by atoms with Crippen LogP contribution in [-0.4, -0.2) is 5.78 Å². The lowest BCUT2D eigenvalue weighted by atomic mass is 9.83. The Morgan fingerprint density at radius 2 is 2.21 bits per heavy atom. The Hall–Kier alpha value is -0.630. The number of hydrogen-bond donors (Lipinski definition) is 0. The van der Waals surface area contributed by atoms with Gasteiger partial charge < -0.3 is 4.79 Å². The first-order chi connectivity index (χ1) is 6.49. The van der Waals surface area contributed by atoms with Crippen LogP contribution in [0.2, 0.25) is 0 Å². The Kier molecular flexibility index (Phi) is 3.87. The molecule has 1 aromatic heterocycles. The molecule has 0 saturated heterocycles. The van der Waals surface area contributed by atoms with Gasteiger partial charge in [-0.1, -0.05) is 19.9 Å². The third-order valence-electron chi connectivity index (χ3n) is 2.36. The van der Waals surface area contributed by atoms with E-state index < -0.39 is 0 Å². The molecule has 0 atom stereocenters. The maximum atomic E-state index is 11.0. The van der Waals surface area contributed by atoms with Crippen LogP contribution in [0.1, 0.15) is 38.5 Å². The van der Waals surface area contributed by atoms with E-state index in [9.17, 15) is 4.79 Å². The van der Waals surface area contributed by atoms with Crippen molar-refractivity contribution in [2.75, 3.05) is 0 Å². The quantitative estimate of drug-likeness (QED) is 0.724. The van der Waals surface area contributed by atoms with E-state index in [-0.39, 0.29) is 5.41 Å². The van der Waals surface area contributed by atoms with Crippen molar-refractivity contribution in [3.63, 3.8) is 0 Å². The summed E-state index contributed by atoms with van der Waals surface area (Å²) in [5.41, 5.74) is 0.149. The molecule has 1 nitrogen and oxygen atoms in total. The van der Waals surface area contributed by atoms with Crippen molar-refractivity contribution in [1.82, 2.24) is 0 Å². The summed E-state index contributed by atoms with van der Waals surface area (Å²) in [6.45, 7) is 6.01. The van der Waals surface area contributed by atoms with Crippen LogP contribution in [0.25, 0.3) is 0 Å². The summed E-state index contributed by atoms with van der Waals surface area (Å²) >= 11 is 1.80. The van der Waals surface area contributed by atoms with Crippen LogP contribution in [0.3, 0.4) is 0 Å². The lowest BCUT2D eigenvalue weighted by Crippen LogP contribution is -2.16. The van der Waals surface area contributed by atoms with Crippen LogP contribution in [0.15, 0.2) is 17.5 Å². The van der Waals surface area contributed by atoms with Crippen molar-refractivity contribution in [3.8, 4) is 0 Å². The number of carbonyl (C=O) groups excluding carboxylic acids is 1. The van der Waals surface area contributed by atoms with Gasteiger partial charge in [0.05, 0.1) is 0 Å². The first-order valence-corrected chi connectivity index (χ1v) is 5.89. The van der Waals surface area contributed by atoms with Gasteiger partial charge in [0.2, 0.25) is 0 Å². The normalized spacial score (nSPS) is 11.6. The van der Waals surface area contributed by atoms with Crippen molar-refractivity contribution in [3.05, 3.63) is 22.4 Å². The molecule has 78 valence electrons. The van der Waals surface area contributed by atoms with E-state index in [2.05, 4.69) is 31.4 Å². The molecule has 0 bridgehead atoms. The van der Waals surface area contributed by atoms with E-state index in [4.69, 9.17) is 0 Å². The van der Waals surface area contributed by atoms with Crippen molar-refractivity contribution < 1.29 is 4.79 Å². The van der Waals surface area contributed by atoms with Crippen LogP contribution in [0.5, 0.6) is 0 Å². The lowest BCUT2D eigenvalue weighted by Gasteiger charge is -2.22. The minimum atomic E-state index is 0.149. The van der Waals surface area contributed by atoms with Gasteiger partial charge in [0.1, 0.15) is 5.78 Å². The summed E-state index contributed by atoms with van der Waals surface area (Å²) in [7, 11) is 0. The topological polar surface area (TPSA) is 17.1 Å². The highest BCUT2D eigenvalue weighted by Crippen LogP contribution is 2.28. The van der Waals surface area contributed by atoms with Crippen molar-refractivity contribution in [2.24, 2.45) is 5.41 Å². The molecule has 1 rings (SSSR count). The van der Waals surface area contributed by atoms with Gasteiger partial charge in [-0.15, -0.1) is 11.3 Å². The first-order valence-electron chi connectivity index (χ1n) is 5.01. The number of thiophene rings is 1. The number of hydrogen-bond acceptors (Lipinski definition) is 2. The van der Waals surface area contributed by atoms with Gasteiger partial charge in [-0.25, -0.2) is 0 Å². The molecule has 0 fully saturated rings. The molecule has 1 heterocycles. The van der Waals surface area contributed by atoms with E-state index in [1.807, 2.05) is 0 Å². The van der Waals surface area contributed by atoms with Crippen LogP contribution in [0, 0.1) is 5.41 Å². The molecule has 14 heavy (non-hydrogen) atoms. The lowest BCUT2D eigenvalue weighted by molar-refractivity contribution is -0.118. The third kappa shape index (κ3) is 4.05. The predicted octanol–water partition coefficient (Wildman–Crippen LogP) is 3.69. The molecule has 0 aliphatic carbocycles. The Morgan fingerprint density at radius 3 is 2.71 bits per heavy atom. The Bertz CT molecular complexity index is 285. The van der Waals surface area contributed by atoms with Gasteiger partial charge in [-0.2, -0.15) is 0 Å². The minimum absolute atomic E-state index is 0.149. The summed E-state index contributed by atoms with van der Waals surface area (Å²) in [6.07, 6.45) is 2.88. The van der Waals surface area contributed by atoms with Gasteiger partial charge >= 0.3 is 0 Å². The van der Waals surface area contributed by atoms with E-state index in [1.165, 1.54) is 4.88 Å². The zero-order valence-corrected chi connectivity index (χ0v) is 9.99.